The second-order valence-corrected chi connectivity index (χ2v) is 3.08. The number of carbonyl (C=O) groups is 2. The van der Waals surface area contributed by atoms with Crippen LogP contribution >= 0.6 is 0 Å². The minimum atomic E-state index is -0.539. The van der Waals surface area contributed by atoms with Crippen molar-refractivity contribution < 1.29 is 80.5 Å². The Morgan fingerprint density at radius 2 is 1.10 bits per heavy atom. The molecule has 0 saturated heterocycles. The van der Waals surface area contributed by atoms with Gasteiger partial charge in [-0.2, -0.15) is 0 Å². The van der Waals surface area contributed by atoms with Gasteiger partial charge < -0.3 is 9.47 Å². The summed E-state index contributed by atoms with van der Waals surface area (Å²) in [6.45, 7) is 29.7. The number of ether oxygens (including phenoxy) is 2. The molecular formula is C17H12Co2O10. The Balaban J connectivity index is -0.0000000453. The molecule has 0 saturated carbocycles. The van der Waals surface area contributed by atoms with Crippen LogP contribution < -0.4 is 0 Å². The maximum atomic E-state index is 10.7. The molecule has 10 nitrogen and oxygen atoms in total. The molecule has 12 heteroatoms. The Morgan fingerprint density at radius 3 is 1.41 bits per heavy atom. The van der Waals surface area contributed by atoms with Gasteiger partial charge in [-0.3, -0.25) is 9.59 Å². The average Bonchev–Trinajstić information content (AvgIpc) is 2.95. The van der Waals surface area contributed by atoms with Crippen LogP contribution in [0.2, 0.25) is 0 Å². The summed E-state index contributed by atoms with van der Waals surface area (Å²) >= 11 is 0. The zero-order valence-electron chi connectivity index (χ0n) is 14.8. The summed E-state index contributed by atoms with van der Waals surface area (Å²) in [5, 5.41) is 0. The molecule has 1 rings (SSSR count). The van der Waals surface area contributed by atoms with Crippen LogP contribution in [0.15, 0.2) is 12.2 Å². The monoisotopic (exact) mass is 494 g/mol. The molecule has 1 aliphatic rings. The first-order chi connectivity index (χ1) is 13.1. The molecule has 2 atom stereocenters. The number of rotatable bonds is 2. The number of esters is 2. The van der Waals surface area contributed by atoms with Crippen LogP contribution in [0.5, 0.6) is 0 Å². The first-order valence-electron chi connectivity index (χ1n) is 5.82. The van der Waals surface area contributed by atoms with Gasteiger partial charge in [0.1, 0.15) is 0 Å². The van der Waals surface area contributed by atoms with Gasteiger partial charge in [0.15, 0.2) is 12.2 Å². The topological polar surface area (TPSA) is 172 Å². The molecule has 0 aromatic heterocycles. The van der Waals surface area contributed by atoms with Crippen LogP contribution in [0, 0.1) is 51.7 Å². The van der Waals surface area contributed by atoms with Crippen molar-refractivity contribution >= 4 is 11.9 Å². The predicted octanol–water partition coefficient (Wildman–Crippen LogP) is 0.583. The molecule has 0 fully saturated rings. The summed E-state index contributed by atoms with van der Waals surface area (Å²) < 4.78 is 54.8. The SMILES string of the molecule is CC(=O)O[C@@H]1C#C[C@@H](OC(C)=O)CC=C1.[C-]#[O+].[C-]#[O+].[C-]#[O+].[C-]#[O+].[C-]#[O+].[C-]#[O+].[Co].[Co]. The molecular weight excluding hydrogens is 482 g/mol. The quantitative estimate of drug-likeness (QED) is 0.180. The Morgan fingerprint density at radius 1 is 0.759 bits per heavy atom. The van der Waals surface area contributed by atoms with Crippen molar-refractivity contribution in [2.45, 2.75) is 32.5 Å². The van der Waals surface area contributed by atoms with Gasteiger partial charge in [0.05, 0.1) is 0 Å². The van der Waals surface area contributed by atoms with Gasteiger partial charge in [0.2, 0.25) is 0 Å². The smallest absolute Gasteiger partial charge is 0 e. The van der Waals surface area contributed by atoms with E-state index in [9.17, 15) is 9.59 Å². The molecule has 0 bridgehead atoms. The van der Waals surface area contributed by atoms with E-state index in [1.165, 1.54) is 13.8 Å². The van der Waals surface area contributed by atoms with Crippen molar-refractivity contribution in [1.82, 2.24) is 0 Å². The fraction of sp³-hybridized carbons (Fsp3) is 0.294. The molecule has 0 heterocycles. The van der Waals surface area contributed by atoms with Gasteiger partial charge in [-0.15, -0.1) is 0 Å². The summed E-state index contributed by atoms with van der Waals surface area (Å²) in [5.74, 6) is 4.70. The Kier molecular flexibility index (Phi) is 97.8. The molecule has 0 spiro atoms. The van der Waals surface area contributed by atoms with Crippen molar-refractivity contribution in [3.8, 4) is 11.8 Å². The van der Waals surface area contributed by atoms with E-state index in [-0.39, 0.29) is 45.5 Å². The normalized spacial score (nSPS) is 12.5. The van der Waals surface area contributed by atoms with E-state index >= 15 is 0 Å². The van der Waals surface area contributed by atoms with Crippen molar-refractivity contribution in [3.63, 3.8) is 0 Å². The summed E-state index contributed by atoms with van der Waals surface area (Å²) in [4.78, 5) is 21.4. The third-order valence-corrected chi connectivity index (χ3v) is 1.65. The Hall–Kier alpha value is -2.31. The van der Waals surface area contributed by atoms with Gasteiger partial charge in [-0.05, 0) is 6.08 Å². The van der Waals surface area contributed by atoms with Gasteiger partial charge in [-0.25, -0.2) is 0 Å². The van der Waals surface area contributed by atoms with Crippen molar-refractivity contribution in [2.24, 2.45) is 0 Å². The van der Waals surface area contributed by atoms with Crippen LogP contribution in [0.25, 0.3) is 0 Å². The Bertz CT molecular complexity index is 542. The van der Waals surface area contributed by atoms with Crippen LogP contribution in [-0.2, 0) is 80.5 Å². The van der Waals surface area contributed by atoms with E-state index in [2.05, 4.69) is 51.7 Å². The van der Waals surface area contributed by atoms with E-state index in [0.29, 0.717) is 6.42 Å². The van der Waals surface area contributed by atoms with Crippen LogP contribution in [0.1, 0.15) is 20.3 Å². The van der Waals surface area contributed by atoms with Crippen LogP contribution in [0.3, 0.4) is 0 Å². The molecule has 0 N–H and O–H groups in total. The van der Waals surface area contributed by atoms with Crippen molar-refractivity contribution in [2.75, 3.05) is 0 Å². The van der Waals surface area contributed by atoms with Gasteiger partial charge in [-0.1, -0.05) is 17.9 Å². The summed E-state index contributed by atoms with van der Waals surface area (Å²) in [6, 6.07) is 0. The second kappa shape index (κ2) is 56.2. The van der Waals surface area contributed by atoms with Gasteiger partial charge in [0, 0.05) is 53.8 Å². The third-order valence-electron chi connectivity index (χ3n) is 1.65. The maximum absolute atomic E-state index is 10.7. The predicted molar refractivity (Wildman–Crippen MR) is 76.2 cm³/mol. The first-order valence-corrected chi connectivity index (χ1v) is 5.82. The summed E-state index contributed by atoms with van der Waals surface area (Å²) in [7, 11) is 0. The number of carbonyl (C=O) groups excluding carboxylic acids is 2. The van der Waals surface area contributed by atoms with Gasteiger partial charge in [0.25, 0.3) is 0 Å². The molecule has 0 aromatic rings. The maximum Gasteiger partial charge on any atom is 0 e. The standard InChI is InChI=1S/C11H12O4.6CO.2Co/c1-8(12)14-10-4-3-5-11(7-6-10)15-9(2)13;6*1-2;;/h3-4,10-11H,5H2,1-2H3;;;;;;;;/t10-,11-;;;;;;;;/m0......../s1. The summed E-state index contributed by atoms with van der Waals surface area (Å²) in [5.41, 5.74) is 0. The minimum Gasteiger partial charge on any atom is 0 e. The van der Waals surface area contributed by atoms with E-state index in [1.54, 1.807) is 12.2 Å². The van der Waals surface area contributed by atoms with Crippen LogP contribution in [-0.4, -0.2) is 24.1 Å². The van der Waals surface area contributed by atoms with E-state index in [1.807, 2.05) is 0 Å². The van der Waals surface area contributed by atoms with Crippen molar-refractivity contribution in [3.05, 3.63) is 52.1 Å². The third kappa shape index (κ3) is 51.8. The fourth-order valence-corrected chi connectivity index (χ4v) is 1.13. The first kappa shape index (κ1) is 50.4. The van der Waals surface area contributed by atoms with Crippen LogP contribution in [0.4, 0.5) is 0 Å². The zero-order chi connectivity index (χ0) is 23.3. The van der Waals surface area contributed by atoms with E-state index in [0.717, 1.165) is 0 Å². The second-order valence-electron chi connectivity index (χ2n) is 3.08. The number of hydrogen-bond donors (Lipinski definition) is 0. The molecule has 0 aliphatic heterocycles. The molecule has 1 aliphatic carbocycles. The van der Waals surface area contributed by atoms with Gasteiger partial charge >= 0.3 is 79.8 Å². The molecule has 29 heavy (non-hydrogen) atoms. The number of hydrogen-bond acceptors (Lipinski definition) is 4. The largest absolute Gasteiger partial charge is 0 e. The minimum absolute atomic E-state index is 0. The van der Waals surface area contributed by atoms with E-state index < -0.39 is 12.2 Å². The van der Waals surface area contributed by atoms with E-state index in [4.69, 9.17) is 37.4 Å². The van der Waals surface area contributed by atoms with Crippen molar-refractivity contribution in [1.29, 1.82) is 0 Å². The Labute approximate surface area is 188 Å². The average molecular weight is 494 g/mol. The molecule has 0 unspecified atom stereocenters. The summed E-state index contributed by atoms with van der Waals surface area (Å²) in [6.07, 6.45) is 2.98. The molecule has 0 amide bonds. The molecule has 158 valence electrons. The molecule has 0 aromatic carbocycles. The fourth-order valence-electron chi connectivity index (χ4n) is 1.13. The zero-order valence-corrected chi connectivity index (χ0v) is 16.8. The molecule has 2 radical (unpaired) electrons.